The maximum atomic E-state index is 5.71. The van der Waals surface area contributed by atoms with Crippen LogP contribution >= 0.6 is 0 Å². The number of aryl methyl sites for hydroxylation is 1. The van der Waals surface area contributed by atoms with E-state index in [9.17, 15) is 0 Å². The maximum Gasteiger partial charge on any atom is 0.0997 e. The van der Waals surface area contributed by atoms with Crippen molar-refractivity contribution in [3.63, 3.8) is 0 Å². The van der Waals surface area contributed by atoms with Crippen molar-refractivity contribution >= 4 is 0 Å². The summed E-state index contributed by atoms with van der Waals surface area (Å²) in [4.78, 5) is 0. The third-order valence-electron chi connectivity index (χ3n) is 3.33. The van der Waals surface area contributed by atoms with Crippen LogP contribution in [0.25, 0.3) is 0 Å². The molecule has 2 rings (SSSR count). The molecule has 0 atom stereocenters. The van der Waals surface area contributed by atoms with Crippen molar-refractivity contribution in [3.8, 4) is 0 Å². The molecule has 1 fully saturated rings. The fraction of sp³-hybridized carbons (Fsp3) is 0.818. The third-order valence-corrected chi connectivity index (χ3v) is 3.33. The van der Waals surface area contributed by atoms with Gasteiger partial charge in [-0.15, -0.1) is 5.10 Å². The van der Waals surface area contributed by atoms with Gasteiger partial charge < -0.3 is 5.73 Å². The summed E-state index contributed by atoms with van der Waals surface area (Å²) in [6.07, 6.45) is 6.61. The minimum absolute atomic E-state index is 0.520. The van der Waals surface area contributed by atoms with Gasteiger partial charge in [-0.05, 0) is 19.8 Å². The maximum absolute atomic E-state index is 5.71. The summed E-state index contributed by atoms with van der Waals surface area (Å²) < 4.78 is 2.03. The molecule has 1 aromatic heterocycles. The van der Waals surface area contributed by atoms with Gasteiger partial charge in [0.2, 0.25) is 0 Å². The fourth-order valence-corrected chi connectivity index (χ4v) is 2.56. The van der Waals surface area contributed by atoms with Gasteiger partial charge in [-0.3, -0.25) is 0 Å². The second-order valence-electron chi connectivity index (χ2n) is 4.28. The van der Waals surface area contributed by atoms with Gasteiger partial charge in [0.15, 0.2) is 0 Å². The summed E-state index contributed by atoms with van der Waals surface area (Å²) in [6, 6.07) is 0. The van der Waals surface area contributed by atoms with Gasteiger partial charge in [0.25, 0.3) is 0 Å². The summed E-state index contributed by atoms with van der Waals surface area (Å²) in [6.45, 7) is 3.53. The van der Waals surface area contributed by atoms with E-state index in [1.165, 1.54) is 37.8 Å². The second-order valence-corrected chi connectivity index (χ2v) is 4.28. The molecule has 0 radical (unpaired) electrons. The Bertz CT molecular complexity index is 291. The van der Waals surface area contributed by atoms with Crippen molar-refractivity contribution in [3.05, 3.63) is 11.4 Å². The molecule has 2 N–H and O–H groups in total. The van der Waals surface area contributed by atoms with Crippen LogP contribution in [0.3, 0.4) is 0 Å². The fourth-order valence-electron chi connectivity index (χ4n) is 2.56. The Morgan fingerprint density at radius 2 is 2.07 bits per heavy atom. The van der Waals surface area contributed by atoms with Gasteiger partial charge in [-0.1, -0.05) is 24.5 Å². The average molecular weight is 208 g/mol. The minimum atomic E-state index is 0.520. The van der Waals surface area contributed by atoms with Gasteiger partial charge >= 0.3 is 0 Å². The Labute approximate surface area is 90.8 Å². The van der Waals surface area contributed by atoms with Crippen molar-refractivity contribution in [2.75, 3.05) is 0 Å². The van der Waals surface area contributed by atoms with E-state index < -0.39 is 0 Å². The van der Waals surface area contributed by atoms with Gasteiger partial charge in [-0.25, -0.2) is 4.68 Å². The first kappa shape index (κ1) is 10.6. The lowest BCUT2D eigenvalue weighted by atomic mass is 9.86. The van der Waals surface area contributed by atoms with E-state index in [0.29, 0.717) is 12.5 Å². The Morgan fingerprint density at radius 3 is 2.67 bits per heavy atom. The average Bonchev–Trinajstić information content (AvgIpc) is 2.72. The Balaban J connectivity index is 2.26. The summed E-state index contributed by atoms with van der Waals surface area (Å²) in [5, 5.41) is 8.34. The molecular weight excluding hydrogens is 188 g/mol. The molecule has 4 heteroatoms. The molecule has 1 aliphatic rings. The molecule has 84 valence electrons. The van der Waals surface area contributed by atoms with Crippen molar-refractivity contribution in [1.82, 2.24) is 15.0 Å². The highest BCUT2D eigenvalue weighted by Gasteiger charge is 2.23. The first-order valence-corrected chi connectivity index (χ1v) is 5.99. The zero-order chi connectivity index (χ0) is 10.7. The van der Waals surface area contributed by atoms with Crippen LogP contribution in [0.2, 0.25) is 0 Å². The van der Waals surface area contributed by atoms with Crippen LogP contribution in [0.15, 0.2) is 0 Å². The molecule has 1 aromatic rings. The van der Waals surface area contributed by atoms with Crippen LogP contribution in [0.1, 0.15) is 56.3 Å². The van der Waals surface area contributed by atoms with Crippen LogP contribution in [-0.4, -0.2) is 15.0 Å². The smallest absolute Gasteiger partial charge is 0.0997 e. The van der Waals surface area contributed by atoms with E-state index in [2.05, 4.69) is 17.2 Å². The Kier molecular flexibility index (Phi) is 3.36. The SMILES string of the molecule is CCn1nnc(CN)c1C1CCCCC1. The highest BCUT2D eigenvalue weighted by molar-refractivity contribution is 5.16. The van der Waals surface area contributed by atoms with E-state index in [0.717, 1.165) is 12.2 Å². The van der Waals surface area contributed by atoms with E-state index >= 15 is 0 Å². The third kappa shape index (κ3) is 2.04. The number of nitrogens with two attached hydrogens (primary N) is 1. The summed E-state index contributed by atoms with van der Waals surface area (Å²) in [5.41, 5.74) is 8.02. The topological polar surface area (TPSA) is 56.7 Å². The molecule has 15 heavy (non-hydrogen) atoms. The first-order valence-electron chi connectivity index (χ1n) is 5.99. The van der Waals surface area contributed by atoms with Gasteiger partial charge in [0.1, 0.15) is 0 Å². The highest BCUT2D eigenvalue weighted by Crippen LogP contribution is 2.33. The van der Waals surface area contributed by atoms with Crippen LogP contribution < -0.4 is 5.73 Å². The quantitative estimate of drug-likeness (QED) is 0.824. The van der Waals surface area contributed by atoms with Crippen molar-refractivity contribution in [2.45, 2.75) is 58.0 Å². The van der Waals surface area contributed by atoms with Crippen molar-refractivity contribution < 1.29 is 0 Å². The normalized spacial score (nSPS) is 18.3. The molecule has 4 nitrogen and oxygen atoms in total. The molecule has 1 aliphatic carbocycles. The molecule has 1 heterocycles. The van der Waals surface area contributed by atoms with Gasteiger partial charge in [0, 0.05) is 19.0 Å². The monoisotopic (exact) mass is 208 g/mol. The molecule has 1 saturated carbocycles. The predicted octanol–water partition coefficient (Wildman–Crippen LogP) is 1.80. The molecule has 0 aromatic carbocycles. The summed E-state index contributed by atoms with van der Waals surface area (Å²) >= 11 is 0. The largest absolute Gasteiger partial charge is 0.325 e. The summed E-state index contributed by atoms with van der Waals surface area (Å²) in [5.74, 6) is 0.646. The van der Waals surface area contributed by atoms with Crippen LogP contribution in [0.5, 0.6) is 0 Å². The molecule has 0 amide bonds. The van der Waals surface area contributed by atoms with Crippen molar-refractivity contribution in [2.24, 2.45) is 5.73 Å². The number of nitrogens with zero attached hydrogens (tertiary/aromatic N) is 3. The van der Waals surface area contributed by atoms with Crippen LogP contribution in [0.4, 0.5) is 0 Å². The molecule has 0 unspecified atom stereocenters. The highest BCUT2D eigenvalue weighted by atomic mass is 15.4. The molecule has 0 bridgehead atoms. The molecular formula is C11H20N4. The molecule has 0 saturated heterocycles. The first-order chi connectivity index (χ1) is 7.36. The minimum Gasteiger partial charge on any atom is -0.325 e. The number of aromatic nitrogens is 3. The van der Waals surface area contributed by atoms with E-state index in [-0.39, 0.29) is 0 Å². The Morgan fingerprint density at radius 1 is 1.33 bits per heavy atom. The van der Waals surface area contributed by atoms with Gasteiger partial charge in [0.05, 0.1) is 11.4 Å². The van der Waals surface area contributed by atoms with Gasteiger partial charge in [-0.2, -0.15) is 0 Å². The molecule has 0 spiro atoms. The van der Waals surface area contributed by atoms with E-state index in [1.807, 2.05) is 4.68 Å². The standard InChI is InChI=1S/C11H20N4/c1-2-15-11(10(8-12)13-14-15)9-6-4-3-5-7-9/h9H,2-8,12H2,1H3. The van der Waals surface area contributed by atoms with E-state index in [1.54, 1.807) is 0 Å². The zero-order valence-corrected chi connectivity index (χ0v) is 9.45. The van der Waals surface area contributed by atoms with Crippen molar-refractivity contribution in [1.29, 1.82) is 0 Å². The Hall–Kier alpha value is -0.900. The lowest BCUT2D eigenvalue weighted by Gasteiger charge is -2.22. The second kappa shape index (κ2) is 4.75. The van der Waals surface area contributed by atoms with Crippen LogP contribution in [0, 0.1) is 0 Å². The number of hydrogen-bond acceptors (Lipinski definition) is 3. The van der Waals surface area contributed by atoms with E-state index in [4.69, 9.17) is 5.73 Å². The lowest BCUT2D eigenvalue weighted by Crippen LogP contribution is -2.14. The molecule has 0 aliphatic heterocycles. The summed E-state index contributed by atoms with van der Waals surface area (Å²) in [7, 11) is 0. The zero-order valence-electron chi connectivity index (χ0n) is 9.45. The number of hydrogen-bond donors (Lipinski definition) is 1. The van der Waals surface area contributed by atoms with Crippen LogP contribution in [-0.2, 0) is 13.1 Å². The number of rotatable bonds is 3. The lowest BCUT2D eigenvalue weighted by molar-refractivity contribution is 0.415. The predicted molar refractivity (Wildman–Crippen MR) is 59.4 cm³/mol.